The number of aromatic carboxylic acids is 1. The lowest BCUT2D eigenvalue weighted by Crippen LogP contribution is -2.37. The van der Waals surface area contributed by atoms with Crippen LogP contribution in [0, 0.1) is 6.92 Å². The predicted molar refractivity (Wildman–Crippen MR) is 51.6 cm³/mol. The molecule has 0 atom stereocenters. The fraction of sp³-hybridized carbons (Fsp3) is 0.250. The lowest BCUT2D eigenvalue weighted by molar-refractivity contribution is -0.120. The molecule has 1 rings (SSSR count). The van der Waals surface area contributed by atoms with Crippen LogP contribution in [0.4, 0.5) is 4.79 Å². The van der Waals surface area contributed by atoms with Crippen molar-refractivity contribution in [1.82, 2.24) is 14.9 Å². The summed E-state index contributed by atoms with van der Waals surface area (Å²) in [6, 6.07) is -0.986. The summed E-state index contributed by atoms with van der Waals surface area (Å²) in [5, 5.41) is 10.6. The van der Waals surface area contributed by atoms with Gasteiger partial charge in [-0.25, -0.2) is 14.6 Å². The van der Waals surface area contributed by atoms with Gasteiger partial charge < -0.3 is 15.4 Å². The van der Waals surface area contributed by atoms with Crippen molar-refractivity contribution in [1.29, 1.82) is 0 Å². The van der Waals surface area contributed by atoms with Gasteiger partial charge in [-0.15, -0.1) is 0 Å². The number of urea groups is 1. The Morgan fingerprint density at radius 3 is 2.69 bits per heavy atom. The molecule has 1 heterocycles. The van der Waals surface area contributed by atoms with Gasteiger partial charge in [0.1, 0.15) is 18.1 Å². The second-order valence-electron chi connectivity index (χ2n) is 2.99. The number of nitrogens with zero attached hydrogens (tertiary/aromatic N) is 2. The largest absolute Gasteiger partial charge is 0.477 e. The first kappa shape index (κ1) is 11.7. The number of carbonyl (C=O) groups excluding carboxylic acids is 2. The molecule has 0 unspecified atom stereocenters. The fourth-order valence-corrected chi connectivity index (χ4v) is 1.16. The van der Waals surface area contributed by atoms with Gasteiger partial charge in [0.05, 0.1) is 6.20 Å². The first-order valence-corrected chi connectivity index (χ1v) is 4.26. The molecule has 16 heavy (non-hydrogen) atoms. The van der Waals surface area contributed by atoms with Crippen molar-refractivity contribution in [3.8, 4) is 0 Å². The number of aryl methyl sites for hydroxylation is 1. The summed E-state index contributed by atoms with van der Waals surface area (Å²) < 4.78 is 1.17. The number of hydrogen-bond donors (Lipinski definition) is 3. The van der Waals surface area contributed by atoms with Crippen LogP contribution in [0.3, 0.4) is 0 Å². The minimum atomic E-state index is -1.20. The van der Waals surface area contributed by atoms with Gasteiger partial charge in [0, 0.05) is 0 Å². The minimum absolute atomic E-state index is 0.128. The number of amides is 3. The summed E-state index contributed by atoms with van der Waals surface area (Å²) in [6.45, 7) is 1.22. The third-order valence-electron chi connectivity index (χ3n) is 1.84. The maximum absolute atomic E-state index is 11.2. The smallest absolute Gasteiger partial charge is 0.354 e. The van der Waals surface area contributed by atoms with E-state index in [1.807, 2.05) is 5.32 Å². The van der Waals surface area contributed by atoms with E-state index in [0.717, 1.165) is 6.20 Å². The molecular weight excluding hydrogens is 216 g/mol. The summed E-state index contributed by atoms with van der Waals surface area (Å²) in [6.07, 6.45) is 1.13. The maximum atomic E-state index is 11.2. The molecule has 0 radical (unpaired) electrons. The van der Waals surface area contributed by atoms with Gasteiger partial charge in [0.15, 0.2) is 0 Å². The number of rotatable bonds is 3. The Labute approximate surface area is 90.1 Å². The van der Waals surface area contributed by atoms with E-state index < -0.39 is 17.9 Å². The van der Waals surface area contributed by atoms with Crippen LogP contribution in [-0.2, 0) is 11.3 Å². The van der Waals surface area contributed by atoms with Gasteiger partial charge in [-0.2, -0.15) is 0 Å². The zero-order valence-electron chi connectivity index (χ0n) is 8.43. The number of imidazole rings is 1. The van der Waals surface area contributed by atoms with Crippen molar-refractivity contribution in [3.63, 3.8) is 0 Å². The number of primary amides is 1. The molecule has 8 heteroatoms. The zero-order chi connectivity index (χ0) is 12.3. The minimum Gasteiger partial charge on any atom is -0.477 e. The zero-order valence-corrected chi connectivity index (χ0v) is 8.43. The normalized spacial score (nSPS) is 9.81. The standard InChI is InChI=1S/C8H10N4O4/c1-4-10-2-5(7(14)15)12(4)3-6(13)11-8(9)16/h2H,3H2,1H3,(H,14,15)(H3,9,11,13,16). The number of hydrogen-bond acceptors (Lipinski definition) is 4. The lowest BCUT2D eigenvalue weighted by Gasteiger charge is -2.06. The third-order valence-corrected chi connectivity index (χ3v) is 1.84. The second-order valence-corrected chi connectivity index (χ2v) is 2.99. The van der Waals surface area contributed by atoms with Crippen LogP contribution >= 0.6 is 0 Å². The molecule has 86 valence electrons. The van der Waals surface area contributed by atoms with E-state index >= 15 is 0 Å². The maximum Gasteiger partial charge on any atom is 0.354 e. The van der Waals surface area contributed by atoms with Crippen molar-refractivity contribution >= 4 is 17.9 Å². The Bertz CT molecular complexity index is 451. The molecule has 0 saturated heterocycles. The average molecular weight is 226 g/mol. The third kappa shape index (κ3) is 2.56. The van der Waals surface area contributed by atoms with E-state index in [9.17, 15) is 14.4 Å². The van der Waals surface area contributed by atoms with E-state index in [1.54, 1.807) is 6.92 Å². The molecule has 0 aliphatic heterocycles. The van der Waals surface area contributed by atoms with Crippen LogP contribution < -0.4 is 11.1 Å². The van der Waals surface area contributed by atoms with Crippen molar-refractivity contribution in [2.24, 2.45) is 5.73 Å². The van der Waals surface area contributed by atoms with Crippen LogP contribution in [0.25, 0.3) is 0 Å². The Balaban J connectivity index is 2.88. The molecule has 0 aromatic carbocycles. The Morgan fingerprint density at radius 1 is 1.56 bits per heavy atom. The van der Waals surface area contributed by atoms with Crippen molar-refractivity contribution < 1.29 is 19.5 Å². The molecule has 0 bridgehead atoms. The van der Waals surface area contributed by atoms with Crippen LogP contribution in [0.2, 0.25) is 0 Å². The van der Waals surface area contributed by atoms with Crippen LogP contribution in [-0.4, -0.2) is 32.6 Å². The Hall–Kier alpha value is -2.38. The monoisotopic (exact) mass is 226 g/mol. The number of imide groups is 1. The van der Waals surface area contributed by atoms with Gasteiger partial charge in [0.25, 0.3) is 0 Å². The summed E-state index contributed by atoms with van der Waals surface area (Å²) >= 11 is 0. The molecule has 0 spiro atoms. The van der Waals surface area contributed by atoms with Gasteiger partial charge in [0.2, 0.25) is 5.91 Å². The van der Waals surface area contributed by atoms with Crippen LogP contribution in [0.15, 0.2) is 6.20 Å². The summed E-state index contributed by atoms with van der Waals surface area (Å²) in [5.74, 6) is -1.54. The van der Waals surface area contributed by atoms with Gasteiger partial charge in [-0.1, -0.05) is 0 Å². The molecule has 0 aliphatic rings. The molecule has 1 aromatic rings. The number of nitrogens with two attached hydrogens (primary N) is 1. The van der Waals surface area contributed by atoms with Crippen molar-refractivity contribution in [2.45, 2.75) is 13.5 Å². The fourth-order valence-electron chi connectivity index (χ4n) is 1.16. The average Bonchev–Trinajstić information content (AvgIpc) is 2.46. The van der Waals surface area contributed by atoms with Crippen LogP contribution in [0.1, 0.15) is 16.3 Å². The number of carboxylic acid groups (broad SMARTS) is 1. The quantitative estimate of drug-likeness (QED) is 0.614. The highest BCUT2D eigenvalue weighted by Crippen LogP contribution is 2.04. The molecule has 0 fully saturated rings. The van der Waals surface area contributed by atoms with Crippen LogP contribution in [0.5, 0.6) is 0 Å². The van der Waals surface area contributed by atoms with E-state index in [2.05, 4.69) is 4.98 Å². The molecule has 3 amide bonds. The lowest BCUT2D eigenvalue weighted by atomic mass is 10.4. The highest BCUT2D eigenvalue weighted by Gasteiger charge is 2.16. The summed E-state index contributed by atoms with van der Waals surface area (Å²) in [5.41, 5.74) is 4.62. The first-order valence-electron chi connectivity index (χ1n) is 4.26. The van der Waals surface area contributed by atoms with Crippen molar-refractivity contribution in [2.75, 3.05) is 0 Å². The van der Waals surface area contributed by atoms with E-state index in [-0.39, 0.29) is 12.2 Å². The number of nitrogens with one attached hydrogen (secondary N) is 1. The molecular formula is C8H10N4O4. The molecule has 0 aliphatic carbocycles. The molecule has 4 N–H and O–H groups in total. The predicted octanol–water partition coefficient (Wildman–Crippen LogP) is -0.915. The highest BCUT2D eigenvalue weighted by atomic mass is 16.4. The van der Waals surface area contributed by atoms with Gasteiger partial charge >= 0.3 is 12.0 Å². The molecule has 0 saturated carbocycles. The van der Waals surface area contributed by atoms with Gasteiger partial charge in [-0.05, 0) is 6.92 Å². The Morgan fingerprint density at radius 2 is 2.19 bits per heavy atom. The Kier molecular flexibility index (Phi) is 3.24. The van der Waals surface area contributed by atoms with E-state index in [0.29, 0.717) is 5.82 Å². The second kappa shape index (κ2) is 4.43. The number of carboxylic acids is 1. The van der Waals surface area contributed by atoms with Gasteiger partial charge in [-0.3, -0.25) is 10.1 Å². The SMILES string of the molecule is Cc1ncc(C(=O)O)n1CC(=O)NC(N)=O. The summed E-state index contributed by atoms with van der Waals surface area (Å²) in [4.78, 5) is 36.1. The van der Waals surface area contributed by atoms with E-state index in [4.69, 9.17) is 10.8 Å². The topological polar surface area (TPSA) is 127 Å². The summed E-state index contributed by atoms with van der Waals surface area (Å²) in [7, 11) is 0. The first-order chi connectivity index (χ1) is 7.41. The van der Waals surface area contributed by atoms with E-state index in [1.165, 1.54) is 4.57 Å². The van der Waals surface area contributed by atoms with Crippen molar-refractivity contribution in [3.05, 3.63) is 17.7 Å². The highest BCUT2D eigenvalue weighted by molar-refractivity contribution is 5.94. The number of aromatic nitrogens is 2. The number of carbonyl (C=O) groups is 3. The molecule has 8 nitrogen and oxygen atoms in total. The molecule has 1 aromatic heterocycles.